The van der Waals surface area contributed by atoms with Gasteiger partial charge in [-0.1, -0.05) is 19.1 Å². The minimum Gasteiger partial charge on any atom is -0.496 e. The number of hydrogen-bond donors (Lipinski definition) is 1. The summed E-state index contributed by atoms with van der Waals surface area (Å²) in [5.74, 6) is 2.08. The molecule has 86 valence electrons. The Kier molecular flexibility index (Phi) is 3.44. The summed E-state index contributed by atoms with van der Waals surface area (Å²) >= 11 is 0. The fourth-order valence-electron chi connectivity index (χ4n) is 1.98. The topological polar surface area (TPSA) is 33.6 Å². The van der Waals surface area contributed by atoms with E-state index < -0.39 is 0 Å². The van der Waals surface area contributed by atoms with Gasteiger partial charge in [0.25, 0.3) is 0 Å². The smallest absolute Gasteiger partial charge is 0.122 e. The monoisotopic (exact) mass is 218 g/mol. The molecule has 0 aromatic heterocycles. The average Bonchev–Trinajstić information content (AvgIpc) is 2.81. The Morgan fingerprint density at radius 2 is 2.31 bits per heavy atom. The molecule has 0 amide bonds. The third kappa shape index (κ3) is 2.35. The van der Waals surface area contributed by atoms with Crippen LogP contribution in [0.4, 0.5) is 0 Å². The molecule has 2 rings (SSSR count). The number of hydrogen-bond acceptors (Lipinski definition) is 3. The number of nitrogens with one attached hydrogen (secondary N) is 1. The Balaban J connectivity index is 2.15. The number of rotatable bonds is 4. The summed E-state index contributed by atoms with van der Waals surface area (Å²) in [4.78, 5) is 4.40. The zero-order chi connectivity index (χ0) is 11.4. The van der Waals surface area contributed by atoms with Crippen molar-refractivity contribution >= 4 is 5.84 Å². The Bertz CT molecular complexity index is 399. The second-order valence-corrected chi connectivity index (χ2v) is 3.93. The Morgan fingerprint density at radius 1 is 1.44 bits per heavy atom. The highest BCUT2D eigenvalue weighted by atomic mass is 16.5. The van der Waals surface area contributed by atoms with Crippen LogP contribution in [-0.4, -0.2) is 26.0 Å². The summed E-state index contributed by atoms with van der Waals surface area (Å²) in [6, 6.07) is 6.37. The maximum atomic E-state index is 5.32. The third-order valence-electron chi connectivity index (χ3n) is 2.84. The summed E-state index contributed by atoms with van der Waals surface area (Å²) < 4.78 is 5.32. The van der Waals surface area contributed by atoms with Crippen LogP contribution in [0.1, 0.15) is 18.1 Å². The van der Waals surface area contributed by atoms with Crippen molar-refractivity contribution in [2.75, 3.05) is 20.2 Å². The SMILES string of the molecule is CCc1cc(CC2=NCCN2)ccc1OC. The molecule has 1 heterocycles. The Morgan fingerprint density at radius 3 is 2.94 bits per heavy atom. The van der Waals surface area contributed by atoms with Gasteiger partial charge in [0, 0.05) is 13.0 Å². The fourth-order valence-corrected chi connectivity index (χ4v) is 1.98. The lowest BCUT2D eigenvalue weighted by atomic mass is 10.0. The first-order valence-corrected chi connectivity index (χ1v) is 5.76. The predicted molar refractivity (Wildman–Crippen MR) is 66.4 cm³/mol. The first-order valence-electron chi connectivity index (χ1n) is 5.76. The van der Waals surface area contributed by atoms with Crippen molar-refractivity contribution in [3.05, 3.63) is 29.3 Å². The Labute approximate surface area is 96.5 Å². The number of aryl methyl sites for hydroxylation is 1. The van der Waals surface area contributed by atoms with Gasteiger partial charge in [-0.15, -0.1) is 0 Å². The van der Waals surface area contributed by atoms with E-state index in [1.807, 2.05) is 6.07 Å². The van der Waals surface area contributed by atoms with Gasteiger partial charge in [-0.05, 0) is 23.6 Å². The van der Waals surface area contributed by atoms with Gasteiger partial charge >= 0.3 is 0 Å². The number of amidine groups is 1. The summed E-state index contributed by atoms with van der Waals surface area (Å²) in [5.41, 5.74) is 2.56. The van der Waals surface area contributed by atoms with Crippen molar-refractivity contribution in [3.63, 3.8) is 0 Å². The molecule has 0 bridgehead atoms. The summed E-state index contributed by atoms with van der Waals surface area (Å²) in [6.07, 6.45) is 1.90. The normalized spacial score (nSPS) is 14.5. The molecule has 16 heavy (non-hydrogen) atoms. The standard InChI is InChI=1S/C13H18N2O/c1-3-11-8-10(4-5-12(11)16-2)9-13-14-6-7-15-13/h4-5,8H,3,6-7,9H2,1-2H3,(H,14,15). The van der Waals surface area contributed by atoms with Crippen molar-refractivity contribution in [1.82, 2.24) is 5.32 Å². The third-order valence-corrected chi connectivity index (χ3v) is 2.84. The second-order valence-electron chi connectivity index (χ2n) is 3.93. The van der Waals surface area contributed by atoms with Crippen LogP contribution in [0.2, 0.25) is 0 Å². The molecule has 1 aromatic carbocycles. The van der Waals surface area contributed by atoms with Crippen molar-refractivity contribution in [2.45, 2.75) is 19.8 Å². The van der Waals surface area contributed by atoms with E-state index in [2.05, 4.69) is 29.4 Å². The molecule has 0 atom stereocenters. The maximum absolute atomic E-state index is 5.32. The van der Waals surface area contributed by atoms with E-state index in [1.54, 1.807) is 7.11 Å². The van der Waals surface area contributed by atoms with Crippen molar-refractivity contribution in [3.8, 4) is 5.75 Å². The summed E-state index contributed by atoms with van der Waals surface area (Å²) in [7, 11) is 1.72. The largest absolute Gasteiger partial charge is 0.496 e. The number of methoxy groups -OCH3 is 1. The first kappa shape index (κ1) is 11.0. The molecule has 0 saturated carbocycles. The van der Waals surface area contributed by atoms with E-state index >= 15 is 0 Å². The average molecular weight is 218 g/mol. The van der Waals surface area contributed by atoms with Gasteiger partial charge in [-0.3, -0.25) is 4.99 Å². The van der Waals surface area contributed by atoms with E-state index in [0.717, 1.165) is 37.5 Å². The second kappa shape index (κ2) is 5.01. The highest BCUT2D eigenvalue weighted by Crippen LogP contribution is 2.20. The van der Waals surface area contributed by atoms with Crippen LogP contribution in [0.3, 0.4) is 0 Å². The number of aliphatic imine (C=N–C) groups is 1. The molecule has 0 saturated heterocycles. The summed E-state index contributed by atoms with van der Waals surface area (Å²) in [5, 5.41) is 3.29. The van der Waals surface area contributed by atoms with Crippen molar-refractivity contribution in [2.24, 2.45) is 4.99 Å². The van der Waals surface area contributed by atoms with Gasteiger partial charge < -0.3 is 10.1 Å². The van der Waals surface area contributed by atoms with Crippen LogP contribution in [0.15, 0.2) is 23.2 Å². The molecule has 0 aliphatic carbocycles. The van der Waals surface area contributed by atoms with E-state index in [4.69, 9.17) is 4.74 Å². The molecule has 0 radical (unpaired) electrons. The first-order chi connectivity index (χ1) is 7.83. The predicted octanol–water partition coefficient (Wildman–Crippen LogP) is 1.80. The van der Waals surface area contributed by atoms with Gasteiger partial charge in [0.1, 0.15) is 11.6 Å². The molecule has 3 heteroatoms. The number of ether oxygens (including phenoxy) is 1. The molecule has 1 aromatic rings. The lowest BCUT2D eigenvalue weighted by Crippen LogP contribution is -2.20. The zero-order valence-corrected chi connectivity index (χ0v) is 9.92. The lowest BCUT2D eigenvalue weighted by Gasteiger charge is -2.09. The number of benzene rings is 1. The molecular weight excluding hydrogens is 200 g/mol. The van der Waals surface area contributed by atoms with Crippen LogP contribution < -0.4 is 10.1 Å². The van der Waals surface area contributed by atoms with Gasteiger partial charge in [0.15, 0.2) is 0 Å². The molecule has 3 nitrogen and oxygen atoms in total. The molecular formula is C13H18N2O. The summed E-state index contributed by atoms with van der Waals surface area (Å²) in [6.45, 7) is 4.03. The number of nitrogens with zero attached hydrogens (tertiary/aromatic N) is 1. The molecule has 0 spiro atoms. The molecule has 0 fully saturated rings. The molecule has 1 N–H and O–H groups in total. The van der Waals surface area contributed by atoms with Crippen LogP contribution in [0.5, 0.6) is 5.75 Å². The zero-order valence-electron chi connectivity index (χ0n) is 9.92. The van der Waals surface area contributed by atoms with Gasteiger partial charge in [0.2, 0.25) is 0 Å². The highest BCUT2D eigenvalue weighted by Gasteiger charge is 2.08. The highest BCUT2D eigenvalue weighted by molar-refractivity contribution is 5.85. The van der Waals surface area contributed by atoms with Crippen LogP contribution in [0.25, 0.3) is 0 Å². The van der Waals surface area contributed by atoms with E-state index in [0.29, 0.717) is 0 Å². The van der Waals surface area contributed by atoms with Crippen molar-refractivity contribution in [1.29, 1.82) is 0 Å². The van der Waals surface area contributed by atoms with Crippen LogP contribution >= 0.6 is 0 Å². The van der Waals surface area contributed by atoms with Crippen LogP contribution in [-0.2, 0) is 12.8 Å². The van der Waals surface area contributed by atoms with Gasteiger partial charge in [0.05, 0.1) is 13.7 Å². The van der Waals surface area contributed by atoms with Crippen LogP contribution in [0, 0.1) is 0 Å². The van der Waals surface area contributed by atoms with E-state index in [9.17, 15) is 0 Å². The van der Waals surface area contributed by atoms with Gasteiger partial charge in [-0.2, -0.15) is 0 Å². The maximum Gasteiger partial charge on any atom is 0.122 e. The fraction of sp³-hybridized carbons (Fsp3) is 0.462. The van der Waals surface area contributed by atoms with Gasteiger partial charge in [-0.25, -0.2) is 0 Å². The molecule has 1 aliphatic rings. The van der Waals surface area contributed by atoms with E-state index in [1.165, 1.54) is 11.1 Å². The Hall–Kier alpha value is -1.51. The molecule has 0 unspecified atom stereocenters. The van der Waals surface area contributed by atoms with E-state index in [-0.39, 0.29) is 0 Å². The van der Waals surface area contributed by atoms with Crippen molar-refractivity contribution < 1.29 is 4.74 Å². The molecule has 1 aliphatic heterocycles. The lowest BCUT2D eigenvalue weighted by molar-refractivity contribution is 0.410. The quantitative estimate of drug-likeness (QED) is 0.836. The minimum absolute atomic E-state index is 0.900. The minimum atomic E-state index is 0.900.